The number of carbonyl (C=O) groups is 1. The van der Waals surface area contributed by atoms with Crippen molar-refractivity contribution in [2.24, 2.45) is 0 Å². The summed E-state index contributed by atoms with van der Waals surface area (Å²) in [6.45, 7) is 6.13. The third-order valence-electron chi connectivity index (χ3n) is 4.21. The van der Waals surface area contributed by atoms with E-state index in [1.54, 1.807) is 10.9 Å². The van der Waals surface area contributed by atoms with Crippen LogP contribution in [0.15, 0.2) is 24.5 Å². The molecule has 1 unspecified atom stereocenters. The van der Waals surface area contributed by atoms with E-state index in [0.717, 1.165) is 30.0 Å². The lowest BCUT2D eigenvalue weighted by Gasteiger charge is -2.36. The number of rotatable bonds is 3. The number of piperazine rings is 1. The number of aryl methyl sites for hydroxylation is 1. The number of pyridine rings is 1. The Balaban J connectivity index is 1.80. The van der Waals surface area contributed by atoms with Gasteiger partial charge in [-0.1, -0.05) is 17.7 Å². The van der Waals surface area contributed by atoms with E-state index in [2.05, 4.69) is 15.4 Å². The molecular weight excluding hydrogens is 314 g/mol. The Bertz CT molecular complexity index is 700. The van der Waals surface area contributed by atoms with E-state index >= 15 is 0 Å². The largest absolute Gasteiger partial charge is 0.331 e. The van der Waals surface area contributed by atoms with Crippen LogP contribution in [0.2, 0.25) is 5.02 Å². The van der Waals surface area contributed by atoms with Gasteiger partial charge in [0.05, 0.1) is 22.5 Å². The number of carbonyl (C=O) groups excluding carboxylic acids is 1. The van der Waals surface area contributed by atoms with Crippen molar-refractivity contribution in [2.75, 3.05) is 19.6 Å². The van der Waals surface area contributed by atoms with Gasteiger partial charge in [0.1, 0.15) is 6.54 Å². The molecule has 1 saturated heterocycles. The van der Waals surface area contributed by atoms with Gasteiger partial charge in [0.2, 0.25) is 5.91 Å². The van der Waals surface area contributed by atoms with Crippen molar-refractivity contribution in [3.8, 4) is 0 Å². The Kier molecular flexibility index (Phi) is 4.63. The van der Waals surface area contributed by atoms with E-state index in [-0.39, 0.29) is 18.5 Å². The van der Waals surface area contributed by atoms with E-state index < -0.39 is 0 Å². The first kappa shape index (κ1) is 16.0. The molecule has 7 heteroatoms. The molecule has 0 radical (unpaired) electrons. The van der Waals surface area contributed by atoms with Crippen LogP contribution >= 0.6 is 11.6 Å². The van der Waals surface area contributed by atoms with Crippen molar-refractivity contribution in [1.82, 2.24) is 25.0 Å². The highest BCUT2D eigenvalue weighted by Crippen LogP contribution is 2.23. The van der Waals surface area contributed by atoms with E-state index in [0.29, 0.717) is 11.6 Å². The molecule has 1 fully saturated rings. The molecule has 3 rings (SSSR count). The zero-order valence-corrected chi connectivity index (χ0v) is 14.0. The Morgan fingerprint density at radius 2 is 2.30 bits per heavy atom. The van der Waals surface area contributed by atoms with Gasteiger partial charge in [-0.05, 0) is 25.5 Å². The molecule has 3 heterocycles. The van der Waals surface area contributed by atoms with E-state index in [9.17, 15) is 4.79 Å². The standard InChI is InChI=1S/C16H20ClN5O/c1-11-16(17)12(2)22(20-11)10-15(23)21-7-6-19-9-14(21)13-4-3-5-18-8-13/h3-5,8,14,19H,6-7,9-10H2,1-2H3. The number of amides is 1. The molecule has 0 aliphatic carbocycles. The molecular formula is C16H20ClN5O. The quantitative estimate of drug-likeness (QED) is 0.929. The molecule has 2 aromatic rings. The predicted molar refractivity (Wildman–Crippen MR) is 88.3 cm³/mol. The lowest BCUT2D eigenvalue weighted by molar-refractivity contribution is -0.135. The zero-order valence-electron chi connectivity index (χ0n) is 13.3. The highest BCUT2D eigenvalue weighted by Gasteiger charge is 2.28. The molecule has 122 valence electrons. The van der Waals surface area contributed by atoms with Gasteiger partial charge < -0.3 is 10.2 Å². The van der Waals surface area contributed by atoms with Crippen LogP contribution in [0.3, 0.4) is 0 Å². The Hall–Kier alpha value is -1.92. The van der Waals surface area contributed by atoms with Crippen LogP contribution in [0.4, 0.5) is 0 Å². The summed E-state index contributed by atoms with van der Waals surface area (Å²) in [5, 5.41) is 8.32. The lowest BCUT2D eigenvalue weighted by atomic mass is 10.1. The summed E-state index contributed by atoms with van der Waals surface area (Å²) >= 11 is 6.17. The Labute approximate surface area is 140 Å². The summed E-state index contributed by atoms with van der Waals surface area (Å²) in [5.74, 6) is 0.0441. The van der Waals surface area contributed by atoms with Crippen LogP contribution in [0.25, 0.3) is 0 Å². The number of halogens is 1. The second-order valence-electron chi connectivity index (χ2n) is 5.74. The number of hydrogen-bond donors (Lipinski definition) is 1. The van der Waals surface area contributed by atoms with Crippen molar-refractivity contribution in [2.45, 2.75) is 26.4 Å². The predicted octanol–water partition coefficient (Wildman–Crippen LogP) is 1.72. The molecule has 0 bridgehead atoms. The molecule has 6 nitrogen and oxygen atoms in total. The molecule has 0 aromatic carbocycles. The normalized spacial score (nSPS) is 18.2. The third kappa shape index (κ3) is 3.23. The summed E-state index contributed by atoms with van der Waals surface area (Å²) in [4.78, 5) is 18.9. The van der Waals surface area contributed by atoms with Crippen LogP contribution in [0, 0.1) is 13.8 Å². The average molecular weight is 334 g/mol. The maximum absolute atomic E-state index is 12.8. The lowest BCUT2D eigenvalue weighted by Crippen LogP contribution is -2.49. The van der Waals surface area contributed by atoms with Crippen LogP contribution in [-0.4, -0.2) is 45.2 Å². The molecule has 0 spiro atoms. The first-order chi connectivity index (χ1) is 11.1. The molecule has 1 aliphatic rings. The molecule has 0 saturated carbocycles. The van der Waals surface area contributed by atoms with Crippen molar-refractivity contribution < 1.29 is 4.79 Å². The zero-order chi connectivity index (χ0) is 16.4. The minimum atomic E-state index is -0.00242. The smallest absolute Gasteiger partial charge is 0.244 e. The molecule has 23 heavy (non-hydrogen) atoms. The summed E-state index contributed by atoms with van der Waals surface area (Å²) in [6.07, 6.45) is 3.56. The fraction of sp³-hybridized carbons (Fsp3) is 0.438. The van der Waals surface area contributed by atoms with E-state index in [1.165, 1.54) is 0 Å². The SMILES string of the molecule is Cc1nn(CC(=O)N2CCNCC2c2cccnc2)c(C)c1Cl. The first-order valence-corrected chi connectivity index (χ1v) is 8.05. The van der Waals surface area contributed by atoms with Crippen molar-refractivity contribution in [3.63, 3.8) is 0 Å². The average Bonchev–Trinajstić information content (AvgIpc) is 2.82. The van der Waals surface area contributed by atoms with Gasteiger partial charge in [0, 0.05) is 32.0 Å². The van der Waals surface area contributed by atoms with Crippen LogP contribution in [-0.2, 0) is 11.3 Å². The minimum Gasteiger partial charge on any atom is -0.331 e. The fourth-order valence-electron chi connectivity index (χ4n) is 2.92. The summed E-state index contributed by atoms with van der Waals surface area (Å²) < 4.78 is 1.68. The fourth-order valence-corrected chi connectivity index (χ4v) is 3.06. The van der Waals surface area contributed by atoms with Gasteiger partial charge >= 0.3 is 0 Å². The van der Waals surface area contributed by atoms with Crippen molar-refractivity contribution in [3.05, 3.63) is 46.5 Å². The van der Waals surface area contributed by atoms with Crippen LogP contribution in [0.5, 0.6) is 0 Å². The molecule has 1 N–H and O–H groups in total. The molecule has 1 aliphatic heterocycles. The number of nitrogens with zero attached hydrogens (tertiary/aromatic N) is 4. The Morgan fingerprint density at radius 1 is 1.48 bits per heavy atom. The number of nitrogens with one attached hydrogen (secondary N) is 1. The highest BCUT2D eigenvalue weighted by atomic mass is 35.5. The summed E-state index contributed by atoms with van der Waals surface area (Å²) in [7, 11) is 0. The molecule has 1 atom stereocenters. The van der Waals surface area contributed by atoms with Crippen molar-refractivity contribution in [1.29, 1.82) is 0 Å². The van der Waals surface area contributed by atoms with Gasteiger partial charge in [0.15, 0.2) is 0 Å². The maximum atomic E-state index is 12.8. The van der Waals surface area contributed by atoms with Gasteiger partial charge in [-0.25, -0.2) is 0 Å². The van der Waals surface area contributed by atoms with Crippen LogP contribution in [0.1, 0.15) is 23.0 Å². The maximum Gasteiger partial charge on any atom is 0.244 e. The molecule has 1 amide bonds. The monoisotopic (exact) mass is 333 g/mol. The molecule has 2 aromatic heterocycles. The van der Waals surface area contributed by atoms with E-state index in [4.69, 9.17) is 11.6 Å². The second-order valence-corrected chi connectivity index (χ2v) is 6.11. The number of aromatic nitrogens is 3. The third-order valence-corrected chi connectivity index (χ3v) is 4.76. The first-order valence-electron chi connectivity index (χ1n) is 7.67. The van der Waals surface area contributed by atoms with E-state index in [1.807, 2.05) is 37.1 Å². The van der Waals surface area contributed by atoms with Gasteiger partial charge in [-0.2, -0.15) is 5.10 Å². The summed E-state index contributed by atoms with van der Waals surface area (Å²) in [6, 6.07) is 3.90. The second kappa shape index (κ2) is 6.68. The topological polar surface area (TPSA) is 63.1 Å². The van der Waals surface area contributed by atoms with Crippen LogP contribution < -0.4 is 5.32 Å². The van der Waals surface area contributed by atoms with Gasteiger partial charge in [0.25, 0.3) is 0 Å². The highest BCUT2D eigenvalue weighted by molar-refractivity contribution is 6.31. The van der Waals surface area contributed by atoms with Gasteiger partial charge in [-0.15, -0.1) is 0 Å². The van der Waals surface area contributed by atoms with Gasteiger partial charge in [-0.3, -0.25) is 14.5 Å². The van der Waals surface area contributed by atoms with Crippen molar-refractivity contribution >= 4 is 17.5 Å². The Morgan fingerprint density at radius 3 is 2.96 bits per heavy atom. The minimum absolute atomic E-state index is 0.00242. The number of hydrogen-bond acceptors (Lipinski definition) is 4. The summed E-state index contributed by atoms with van der Waals surface area (Å²) in [5.41, 5.74) is 2.62.